The normalized spacial score (nSPS) is 19.4. The number of rotatable bonds is 8. The quantitative estimate of drug-likeness (QED) is 0.566. The number of nitrogens with one attached hydrogen (secondary N) is 1. The van der Waals surface area contributed by atoms with Crippen LogP contribution in [0, 0.1) is 11.8 Å². The molecule has 34 heavy (non-hydrogen) atoms. The molecular formula is C26H32N4O3S. The van der Waals surface area contributed by atoms with E-state index >= 15 is 0 Å². The maximum atomic E-state index is 12.8. The highest BCUT2D eigenvalue weighted by Gasteiger charge is 2.35. The van der Waals surface area contributed by atoms with Crippen LogP contribution in [0.15, 0.2) is 53.4 Å². The Labute approximate surface area is 205 Å². The van der Waals surface area contributed by atoms with Crippen molar-refractivity contribution in [1.82, 2.24) is 4.90 Å². The van der Waals surface area contributed by atoms with E-state index < -0.39 is 0 Å². The third kappa shape index (κ3) is 5.98. The van der Waals surface area contributed by atoms with E-state index in [0.717, 1.165) is 55.2 Å². The molecule has 1 unspecified atom stereocenters. The summed E-state index contributed by atoms with van der Waals surface area (Å²) in [4.78, 5) is 41.8. The van der Waals surface area contributed by atoms with Gasteiger partial charge in [0.15, 0.2) is 0 Å². The SMILES string of the molecule is CSc1ccc(N2CC(C(=O)Nc3ccc(CCN4CCC(C(N)=O)CC4)cc3)CC2=O)cc1. The van der Waals surface area contributed by atoms with Gasteiger partial charge in [0.2, 0.25) is 17.7 Å². The molecule has 2 fully saturated rings. The van der Waals surface area contributed by atoms with Crippen molar-refractivity contribution in [2.24, 2.45) is 17.6 Å². The molecule has 0 saturated carbocycles. The highest BCUT2D eigenvalue weighted by Crippen LogP contribution is 2.28. The molecule has 2 saturated heterocycles. The average Bonchev–Trinajstić information content (AvgIpc) is 3.25. The van der Waals surface area contributed by atoms with Crippen LogP contribution in [0.4, 0.5) is 11.4 Å². The molecule has 0 aromatic heterocycles. The number of carbonyl (C=O) groups excluding carboxylic acids is 3. The summed E-state index contributed by atoms with van der Waals surface area (Å²) < 4.78 is 0. The van der Waals surface area contributed by atoms with Crippen molar-refractivity contribution < 1.29 is 14.4 Å². The number of primary amides is 1. The van der Waals surface area contributed by atoms with Gasteiger partial charge >= 0.3 is 0 Å². The second-order valence-electron chi connectivity index (χ2n) is 9.06. The molecule has 2 heterocycles. The van der Waals surface area contributed by atoms with Gasteiger partial charge in [-0.15, -0.1) is 11.8 Å². The van der Waals surface area contributed by atoms with E-state index in [4.69, 9.17) is 5.73 Å². The molecule has 1 atom stereocenters. The van der Waals surface area contributed by atoms with Crippen LogP contribution in [0.2, 0.25) is 0 Å². The highest BCUT2D eigenvalue weighted by atomic mass is 32.2. The van der Waals surface area contributed by atoms with Gasteiger partial charge in [-0.1, -0.05) is 12.1 Å². The van der Waals surface area contributed by atoms with Crippen LogP contribution in [0.5, 0.6) is 0 Å². The molecule has 4 rings (SSSR count). The molecule has 180 valence electrons. The summed E-state index contributed by atoms with van der Waals surface area (Å²) in [6.07, 6.45) is 4.83. The number of likely N-dealkylation sites (tertiary alicyclic amines) is 1. The largest absolute Gasteiger partial charge is 0.369 e. The molecule has 3 N–H and O–H groups in total. The number of benzene rings is 2. The maximum Gasteiger partial charge on any atom is 0.229 e. The topological polar surface area (TPSA) is 95.7 Å². The lowest BCUT2D eigenvalue weighted by Crippen LogP contribution is -2.39. The standard InChI is InChI=1S/C26H32N4O3S/c1-34-23-8-6-22(7-9-23)30-17-20(16-24(30)31)26(33)28-21-4-2-18(3-5-21)10-13-29-14-11-19(12-15-29)25(27)32/h2-9,19-20H,10-17H2,1H3,(H2,27,32)(H,28,33). The molecule has 2 aliphatic rings. The fraction of sp³-hybridized carbons (Fsp3) is 0.423. The van der Waals surface area contributed by atoms with Gasteiger partial charge in [0, 0.05) is 41.7 Å². The van der Waals surface area contributed by atoms with E-state index in [9.17, 15) is 14.4 Å². The van der Waals surface area contributed by atoms with E-state index in [1.807, 2.05) is 54.8 Å². The van der Waals surface area contributed by atoms with Crippen LogP contribution in [0.3, 0.4) is 0 Å². The predicted molar refractivity (Wildman–Crippen MR) is 136 cm³/mol. The first-order valence-corrected chi connectivity index (χ1v) is 13.0. The summed E-state index contributed by atoms with van der Waals surface area (Å²) in [6, 6.07) is 15.8. The smallest absolute Gasteiger partial charge is 0.229 e. The fourth-order valence-corrected chi connectivity index (χ4v) is 5.03. The number of carbonyl (C=O) groups is 3. The van der Waals surface area contributed by atoms with E-state index in [1.165, 1.54) is 5.56 Å². The van der Waals surface area contributed by atoms with Gasteiger partial charge < -0.3 is 20.9 Å². The van der Waals surface area contributed by atoms with Crippen molar-refractivity contribution in [2.45, 2.75) is 30.6 Å². The zero-order valence-electron chi connectivity index (χ0n) is 19.5. The van der Waals surface area contributed by atoms with Gasteiger partial charge in [0.1, 0.15) is 0 Å². The maximum absolute atomic E-state index is 12.8. The second-order valence-corrected chi connectivity index (χ2v) is 9.94. The number of amides is 3. The Balaban J connectivity index is 1.25. The van der Waals surface area contributed by atoms with Crippen molar-refractivity contribution in [1.29, 1.82) is 0 Å². The van der Waals surface area contributed by atoms with Gasteiger partial charge in [-0.2, -0.15) is 0 Å². The molecule has 7 nitrogen and oxygen atoms in total. The summed E-state index contributed by atoms with van der Waals surface area (Å²) in [6.45, 7) is 3.14. The molecule has 8 heteroatoms. The highest BCUT2D eigenvalue weighted by molar-refractivity contribution is 7.98. The molecular weight excluding hydrogens is 448 g/mol. The van der Waals surface area contributed by atoms with Crippen molar-refractivity contribution in [3.63, 3.8) is 0 Å². The Morgan fingerprint density at radius 3 is 2.32 bits per heavy atom. The monoisotopic (exact) mass is 480 g/mol. The predicted octanol–water partition coefficient (Wildman–Crippen LogP) is 3.14. The van der Waals surface area contributed by atoms with Crippen LogP contribution in [-0.4, -0.2) is 55.1 Å². The summed E-state index contributed by atoms with van der Waals surface area (Å²) in [5.41, 5.74) is 8.19. The number of anilines is 2. The number of nitrogens with two attached hydrogens (primary N) is 1. The zero-order chi connectivity index (χ0) is 24.1. The van der Waals surface area contributed by atoms with Crippen LogP contribution >= 0.6 is 11.8 Å². The lowest BCUT2D eigenvalue weighted by atomic mass is 9.96. The Hall–Kier alpha value is -2.84. The number of nitrogens with zero attached hydrogens (tertiary/aromatic N) is 2. The molecule has 2 aromatic rings. The van der Waals surface area contributed by atoms with Crippen LogP contribution in [0.25, 0.3) is 0 Å². The first kappa shape index (κ1) is 24.3. The Morgan fingerprint density at radius 1 is 1.03 bits per heavy atom. The lowest BCUT2D eigenvalue weighted by Gasteiger charge is -2.30. The van der Waals surface area contributed by atoms with Crippen molar-refractivity contribution in [2.75, 3.05) is 42.7 Å². The minimum atomic E-state index is -0.365. The minimum Gasteiger partial charge on any atom is -0.369 e. The Kier molecular flexibility index (Phi) is 7.90. The van der Waals surface area contributed by atoms with Crippen molar-refractivity contribution in [3.05, 3.63) is 54.1 Å². The first-order chi connectivity index (χ1) is 16.4. The summed E-state index contributed by atoms with van der Waals surface area (Å²) in [5.74, 6) is -0.677. The minimum absolute atomic E-state index is 0.0158. The molecule has 0 aliphatic carbocycles. The van der Waals surface area contributed by atoms with E-state index in [0.29, 0.717) is 6.54 Å². The number of hydrogen-bond donors (Lipinski definition) is 2. The summed E-state index contributed by atoms with van der Waals surface area (Å²) in [5, 5.41) is 2.97. The molecule has 2 aliphatic heterocycles. The fourth-order valence-electron chi connectivity index (χ4n) is 4.62. The van der Waals surface area contributed by atoms with Gasteiger partial charge in [-0.25, -0.2) is 0 Å². The Bertz CT molecular complexity index is 1020. The third-order valence-corrected chi connectivity index (χ3v) is 7.55. The van der Waals surface area contributed by atoms with E-state index in [2.05, 4.69) is 10.2 Å². The van der Waals surface area contributed by atoms with Crippen LogP contribution in [0.1, 0.15) is 24.8 Å². The van der Waals surface area contributed by atoms with Crippen LogP contribution < -0.4 is 16.0 Å². The van der Waals surface area contributed by atoms with Gasteiger partial charge in [0.05, 0.1) is 5.92 Å². The second kappa shape index (κ2) is 11.1. The Morgan fingerprint density at radius 2 is 1.71 bits per heavy atom. The summed E-state index contributed by atoms with van der Waals surface area (Å²) >= 11 is 1.65. The first-order valence-electron chi connectivity index (χ1n) is 11.8. The average molecular weight is 481 g/mol. The molecule has 0 spiro atoms. The van der Waals surface area contributed by atoms with E-state index in [1.54, 1.807) is 16.7 Å². The molecule has 3 amide bonds. The molecule has 0 bridgehead atoms. The van der Waals surface area contributed by atoms with Crippen LogP contribution in [-0.2, 0) is 20.8 Å². The van der Waals surface area contributed by atoms with Gasteiger partial charge in [-0.3, -0.25) is 14.4 Å². The summed E-state index contributed by atoms with van der Waals surface area (Å²) in [7, 11) is 0. The molecule has 2 aromatic carbocycles. The third-order valence-electron chi connectivity index (χ3n) is 6.81. The zero-order valence-corrected chi connectivity index (χ0v) is 20.4. The number of thioether (sulfide) groups is 1. The lowest BCUT2D eigenvalue weighted by molar-refractivity contribution is -0.123. The van der Waals surface area contributed by atoms with Gasteiger partial charge in [-0.05, 0) is 80.6 Å². The van der Waals surface area contributed by atoms with Crippen molar-refractivity contribution >= 4 is 40.9 Å². The van der Waals surface area contributed by atoms with Crippen molar-refractivity contribution in [3.8, 4) is 0 Å². The van der Waals surface area contributed by atoms with Gasteiger partial charge in [0.25, 0.3) is 0 Å². The van der Waals surface area contributed by atoms with E-state index in [-0.39, 0.29) is 36.0 Å². The molecule has 0 radical (unpaired) electrons. The number of piperidine rings is 1. The number of hydrogen-bond acceptors (Lipinski definition) is 5.